The van der Waals surface area contributed by atoms with Crippen molar-refractivity contribution in [3.05, 3.63) is 47.0 Å². The summed E-state index contributed by atoms with van der Waals surface area (Å²) in [5, 5.41) is 17.6. The number of carboxylic acid groups (broad SMARTS) is 1. The molecule has 0 atom stereocenters. The number of aromatic amines is 1. The Kier molecular flexibility index (Phi) is 3.79. The monoisotopic (exact) mass is 277 g/mol. The van der Waals surface area contributed by atoms with E-state index in [-0.39, 0.29) is 16.9 Å². The molecule has 104 valence electrons. The number of aromatic carboxylic acids is 1. The van der Waals surface area contributed by atoms with Gasteiger partial charge in [-0.2, -0.15) is 5.10 Å². The second kappa shape index (κ2) is 5.52. The van der Waals surface area contributed by atoms with Gasteiger partial charge in [-0.3, -0.25) is 9.89 Å². The van der Waals surface area contributed by atoms with E-state index in [0.29, 0.717) is 6.42 Å². The van der Waals surface area contributed by atoms with E-state index in [1.54, 1.807) is 6.07 Å². The van der Waals surface area contributed by atoms with Gasteiger partial charge in [-0.05, 0) is 30.7 Å². The van der Waals surface area contributed by atoms with Crippen LogP contribution >= 0.6 is 0 Å². The Labute approximate surface area is 113 Å². The summed E-state index contributed by atoms with van der Waals surface area (Å²) >= 11 is 0. The molecule has 0 saturated carbocycles. The SMILES string of the molecule is CCc1cc(C(=O)Nc2cc(C(=O)O)ccc2F)n[nH]1. The number of rotatable bonds is 4. The summed E-state index contributed by atoms with van der Waals surface area (Å²) in [6.07, 6.45) is 0.684. The highest BCUT2D eigenvalue weighted by Gasteiger charge is 2.14. The predicted molar refractivity (Wildman–Crippen MR) is 69.3 cm³/mol. The standard InChI is InChI=1S/C13H12FN3O3/c1-2-8-6-11(17-16-8)12(18)15-10-5-7(13(19)20)3-4-9(10)14/h3-6H,2H2,1H3,(H,15,18)(H,16,17)(H,19,20). The molecule has 0 fully saturated rings. The first-order chi connectivity index (χ1) is 9.51. The summed E-state index contributed by atoms with van der Waals surface area (Å²) in [7, 11) is 0. The first kappa shape index (κ1) is 13.7. The van der Waals surface area contributed by atoms with Gasteiger partial charge in [-0.25, -0.2) is 9.18 Å². The van der Waals surface area contributed by atoms with Crippen LogP contribution in [0.2, 0.25) is 0 Å². The highest BCUT2D eigenvalue weighted by molar-refractivity contribution is 6.03. The van der Waals surface area contributed by atoms with Gasteiger partial charge < -0.3 is 10.4 Å². The number of nitrogens with zero attached hydrogens (tertiary/aromatic N) is 1. The van der Waals surface area contributed by atoms with E-state index in [9.17, 15) is 14.0 Å². The van der Waals surface area contributed by atoms with Crippen molar-refractivity contribution >= 4 is 17.6 Å². The lowest BCUT2D eigenvalue weighted by molar-refractivity contribution is 0.0696. The number of nitrogens with one attached hydrogen (secondary N) is 2. The van der Waals surface area contributed by atoms with Gasteiger partial charge in [0.25, 0.3) is 5.91 Å². The molecule has 7 heteroatoms. The number of halogens is 1. The second-order valence-corrected chi connectivity index (χ2v) is 4.09. The Bertz CT molecular complexity index is 667. The molecule has 0 bridgehead atoms. The number of aromatic nitrogens is 2. The molecule has 0 unspecified atom stereocenters. The van der Waals surface area contributed by atoms with Crippen LogP contribution in [0.15, 0.2) is 24.3 Å². The van der Waals surface area contributed by atoms with Crippen molar-refractivity contribution in [2.24, 2.45) is 0 Å². The molecule has 0 spiro atoms. The van der Waals surface area contributed by atoms with Crippen LogP contribution in [0.25, 0.3) is 0 Å². The molecule has 0 aliphatic rings. The van der Waals surface area contributed by atoms with Crippen LogP contribution in [0.5, 0.6) is 0 Å². The molecule has 6 nitrogen and oxygen atoms in total. The average molecular weight is 277 g/mol. The van der Waals surface area contributed by atoms with Crippen molar-refractivity contribution in [2.45, 2.75) is 13.3 Å². The summed E-state index contributed by atoms with van der Waals surface area (Å²) in [5.41, 5.74) is 0.575. The third kappa shape index (κ3) is 2.82. The van der Waals surface area contributed by atoms with Gasteiger partial charge >= 0.3 is 5.97 Å². The van der Waals surface area contributed by atoms with E-state index in [1.807, 2.05) is 6.92 Å². The Morgan fingerprint density at radius 3 is 2.75 bits per heavy atom. The molecule has 0 saturated heterocycles. The molecular formula is C13H12FN3O3. The smallest absolute Gasteiger partial charge is 0.335 e. The largest absolute Gasteiger partial charge is 0.478 e. The number of benzene rings is 1. The van der Waals surface area contributed by atoms with Crippen LogP contribution in [0.3, 0.4) is 0 Å². The Hall–Kier alpha value is -2.70. The minimum Gasteiger partial charge on any atom is -0.478 e. The second-order valence-electron chi connectivity index (χ2n) is 4.09. The van der Waals surface area contributed by atoms with Gasteiger partial charge in [0.2, 0.25) is 0 Å². The van der Waals surface area contributed by atoms with Gasteiger partial charge in [0.05, 0.1) is 11.3 Å². The zero-order valence-corrected chi connectivity index (χ0v) is 10.6. The van der Waals surface area contributed by atoms with Crippen LogP contribution in [0.4, 0.5) is 10.1 Å². The molecule has 20 heavy (non-hydrogen) atoms. The lowest BCUT2D eigenvalue weighted by Crippen LogP contribution is -2.14. The number of hydrogen-bond donors (Lipinski definition) is 3. The normalized spacial score (nSPS) is 10.3. The van der Waals surface area contributed by atoms with E-state index < -0.39 is 17.7 Å². The fourth-order valence-corrected chi connectivity index (χ4v) is 1.60. The topological polar surface area (TPSA) is 95.1 Å². The molecule has 2 rings (SSSR count). The quantitative estimate of drug-likeness (QED) is 0.797. The number of H-pyrrole nitrogens is 1. The van der Waals surface area contributed by atoms with E-state index in [4.69, 9.17) is 5.11 Å². The zero-order valence-electron chi connectivity index (χ0n) is 10.6. The molecule has 1 amide bonds. The molecule has 1 aromatic heterocycles. The fourth-order valence-electron chi connectivity index (χ4n) is 1.60. The van der Waals surface area contributed by atoms with Crippen molar-refractivity contribution in [1.29, 1.82) is 0 Å². The third-order valence-corrected chi connectivity index (χ3v) is 2.71. The van der Waals surface area contributed by atoms with Crippen molar-refractivity contribution in [1.82, 2.24) is 10.2 Å². The summed E-state index contributed by atoms with van der Waals surface area (Å²) in [6, 6.07) is 4.72. The van der Waals surface area contributed by atoms with E-state index >= 15 is 0 Å². The lowest BCUT2D eigenvalue weighted by Gasteiger charge is -2.05. The number of carbonyl (C=O) groups excluding carboxylic acids is 1. The lowest BCUT2D eigenvalue weighted by atomic mass is 10.2. The van der Waals surface area contributed by atoms with Crippen LogP contribution in [-0.4, -0.2) is 27.2 Å². The zero-order chi connectivity index (χ0) is 14.7. The van der Waals surface area contributed by atoms with Crippen LogP contribution < -0.4 is 5.32 Å². The Morgan fingerprint density at radius 2 is 2.15 bits per heavy atom. The number of hydrogen-bond acceptors (Lipinski definition) is 3. The van der Waals surface area contributed by atoms with Crippen LogP contribution in [-0.2, 0) is 6.42 Å². The summed E-state index contributed by atoms with van der Waals surface area (Å²) in [4.78, 5) is 22.7. The maximum Gasteiger partial charge on any atom is 0.335 e. The first-order valence-electron chi connectivity index (χ1n) is 5.89. The van der Waals surface area contributed by atoms with E-state index in [1.165, 1.54) is 0 Å². The summed E-state index contributed by atoms with van der Waals surface area (Å²) < 4.78 is 13.5. The fraction of sp³-hybridized carbons (Fsp3) is 0.154. The van der Waals surface area contributed by atoms with Crippen molar-refractivity contribution in [3.8, 4) is 0 Å². The van der Waals surface area contributed by atoms with Gasteiger partial charge in [0, 0.05) is 5.69 Å². The van der Waals surface area contributed by atoms with Gasteiger partial charge in [0.15, 0.2) is 5.69 Å². The van der Waals surface area contributed by atoms with Crippen molar-refractivity contribution in [2.75, 3.05) is 5.32 Å². The molecule has 0 aliphatic carbocycles. The predicted octanol–water partition coefficient (Wildman–Crippen LogP) is 2.06. The minimum atomic E-state index is -1.20. The van der Waals surface area contributed by atoms with Crippen LogP contribution in [0.1, 0.15) is 33.5 Å². The van der Waals surface area contributed by atoms with E-state index in [2.05, 4.69) is 15.5 Å². The summed E-state index contributed by atoms with van der Waals surface area (Å²) in [6.45, 7) is 1.89. The van der Waals surface area contributed by atoms with Crippen LogP contribution in [0, 0.1) is 5.82 Å². The molecule has 2 aromatic rings. The molecule has 0 aliphatic heterocycles. The average Bonchev–Trinajstić information content (AvgIpc) is 2.89. The molecular weight excluding hydrogens is 265 g/mol. The minimum absolute atomic E-state index is 0.113. The molecule has 3 N–H and O–H groups in total. The highest BCUT2D eigenvalue weighted by Crippen LogP contribution is 2.17. The molecule has 1 aromatic carbocycles. The van der Waals surface area contributed by atoms with Gasteiger partial charge in [-0.1, -0.05) is 6.92 Å². The number of aryl methyl sites for hydroxylation is 1. The third-order valence-electron chi connectivity index (χ3n) is 2.71. The van der Waals surface area contributed by atoms with Gasteiger partial charge in [-0.15, -0.1) is 0 Å². The summed E-state index contributed by atoms with van der Waals surface area (Å²) in [5.74, 6) is -2.52. The Balaban J connectivity index is 2.22. The number of carbonyl (C=O) groups is 2. The van der Waals surface area contributed by atoms with Crippen molar-refractivity contribution in [3.63, 3.8) is 0 Å². The molecule has 1 heterocycles. The Morgan fingerprint density at radius 1 is 1.40 bits per heavy atom. The van der Waals surface area contributed by atoms with Crippen molar-refractivity contribution < 1.29 is 19.1 Å². The maximum atomic E-state index is 13.5. The molecule has 0 radical (unpaired) electrons. The number of carboxylic acids is 1. The number of anilines is 1. The van der Waals surface area contributed by atoms with E-state index in [0.717, 1.165) is 23.9 Å². The number of amides is 1. The maximum absolute atomic E-state index is 13.5. The first-order valence-corrected chi connectivity index (χ1v) is 5.89. The highest BCUT2D eigenvalue weighted by atomic mass is 19.1. The van der Waals surface area contributed by atoms with Gasteiger partial charge in [0.1, 0.15) is 5.82 Å².